The van der Waals surface area contributed by atoms with E-state index in [1.54, 1.807) is 31.4 Å². The van der Waals surface area contributed by atoms with Gasteiger partial charge in [-0.2, -0.15) is 0 Å². The first-order valence-electron chi connectivity index (χ1n) is 11.4. The molecule has 1 aliphatic heterocycles. The van der Waals surface area contributed by atoms with Crippen LogP contribution in [0.5, 0.6) is 5.75 Å². The number of hydrogen-bond acceptors (Lipinski definition) is 5. The van der Waals surface area contributed by atoms with Crippen molar-refractivity contribution in [3.8, 4) is 5.75 Å². The predicted octanol–water partition coefficient (Wildman–Crippen LogP) is 4.55. The van der Waals surface area contributed by atoms with Crippen molar-refractivity contribution in [3.05, 3.63) is 89.4 Å². The molecule has 2 aromatic heterocycles. The number of pyridine rings is 1. The summed E-state index contributed by atoms with van der Waals surface area (Å²) in [6.45, 7) is 5.17. The van der Waals surface area contributed by atoms with Crippen molar-refractivity contribution in [2.24, 2.45) is 0 Å². The number of rotatable bonds is 6. The van der Waals surface area contributed by atoms with Crippen molar-refractivity contribution < 1.29 is 14.3 Å². The van der Waals surface area contributed by atoms with E-state index in [4.69, 9.17) is 14.5 Å². The third-order valence-electron chi connectivity index (χ3n) is 6.30. The molecular formula is C27H28N4O3. The van der Waals surface area contributed by atoms with Gasteiger partial charge in [-0.15, -0.1) is 0 Å². The molecule has 0 spiro atoms. The maximum absolute atomic E-state index is 12.9. The summed E-state index contributed by atoms with van der Waals surface area (Å²) in [6, 6.07) is 19.1. The largest absolute Gasteiger partial charge is 0.497 e. The molecule has 0 bridgehead atoms. The molecule has 1 atom stereocenters. The Morgan fingerprint density at radius 1 is 1.12 bits per heavy atom. The second-order valence-electron chi connectivity index (χ2n) is 8.41. The molecule has 2 aromatic carbocycles. The van der Waals surface area contributed by atoms with E-state index in [9.17, 15) is 4.79 Å². The highest BCUT2D eigenvalue weighted by atomic mass is 16.5. The number of aromatic amines is 1. The highest BCUT2D eigenvalue weighted by Crippen LogP contribution is 2.37. The summed E-state index contributed by atoms with van der Waals surface area (Å²) in [5.41, 5.74) is 5.62. The van der Waals surface area contributed by atoms with E-state index in [2.05, 4.69) is 28.2 Å². The molecule has 7 nitrogen and oxygen atoms in total. The molecule has 174 valence electrons. The molecule has 3 heterocycles. The van der Waals surface area contributed by atoms with E-state index >= 15 is 0 Å². The zero-order chi connectivity index (χ0) is 23.5. The molecule has 1 amide bonds. The van der Waals surface area contributed by atoms with Gasteiger partial charge < -0.3 is 19.8 Å². The summed E-state index contributed by atoms with van der Waals surface area (Å²) in [5, 5.41) is 4.12. The van der Waals surface area contributed by atoms with Crippen LogP contribution in [0, 0.1) is 6.92 Å². The zero-order valence-corrected chi connectivity index (χ0v) is 19.4. The number of morpholine rings is 1. The van der Waals surface area contributed by atoms with Crippen molar-refractivity contribution in [1.29, 1.82) is 0 Å². The van der Waals surface area contributed by atoms with Gasteiger partial charge in [0.05, 0.1) is 32.1 Å². The normalized spacial score (nSPS) is 15.2. The second kappa shape index (κ2) is 9.67. The number of nitrogens with zero attached hydrogens (tertiary/aromatic N) is 2. The van der Waals surface area contributed by atoms with Crippen molar-refractivity contribution in [2.75, 3.05) is 38.7 Å². The van der Waals surface area contributed by atoms with Crippen LogP contribution in [0.2, 0.25) is 0 Å². The lowest BCUT2D eigenvalue weighted by atomic mass is 9.97. The molecule has 4 aromatic rings. The maximum Gasteiger partial charge on any atom is 0.255 e. The Bertz CT molecular complexity index is 1280. The average molecular weight is 457 g/mol. The number of nitrogens with one attached hydrogen (secondary N) is 2. The van der Waals surface area contributed by atoms with Crippen molar-refractivity contribution in [1.82, 2.24) is 14.9 Å². The number of amides is 1. The lowest BCUT2D eigenvalue weighted by molar-refractivity contribution is 0.0234. The number of carbonyl (C=O) groups excluding carboxylic acids is 1. The Hall–Kier alpha value is -3.68. The van der Waals surface area contributed by atoms with Gasteiger partial charge in [-0.25, -0.2) is 0 Å². The van der Waals surface area contributed by atoms with Crippen LogP contribution in [0.3, 0.4) is 0 Å². The van der Waals surface area contributed by atoms with E-state index in [0.29, 0.717) is 24.5 Å². The Morgan fingerprint density at radius 2 is 1.91 bits per heavy atom. The van der Waals surface area contributed by atoms with Crippen LogP contribution in [-0.4, -0.2) is 54.2 Å². The third-order valence-corrected chi connectivity index (χ3v) is 6.30. The molecule has 1 fully saturated rings. The van der Waals surface area contributed by atoms with E-state index in [0.717, 1.165) is 41.1 Å². The summed E-state index contributed by atoms with van der Waals surface area (Å²) in [6.07, 6.45) is 1.84. The highest BCUT2D eigenvalue weighted by molar-refractivity contribution is 6.05. The number of H-pyrrole nitrogens is 1. The van der Waals surface area contributed by atoms with Gasteiger partial charge in [-0.3, -0.25) is 14.7 Å². The van der Waals surface area contributed by atoms with Crippen molar-refractivity contribution >= 4 is 22.5 Å². The number of fused-ring (bicyclic) bond motifs is 1. The minimum absolute atomic E-state index is 0.00797. The Kier molecular flexibility index (Phi) is 6.29. The van der Waals surface area contributed by atoms with Gasteiger partial charge in [0.25, 0.3) is 5.91 Å². The first kappa shape index (κ1) is 22.1. The Labute approximate surface area is 198 Å². The molecule has 1 aliphatic rings. The number of aromatic nitrogens is 2. The number of aryl methyl sites for hydroxylation is 1. The molecular weight excluding hydrogens is 428 g/mol. The number of hydrogen-bond donors (Lipinski definition) is 2. The molecule has 34 heavy (non-hydrogen) atoms. The zero-order valence-electron chi connectivity index (χ0n) is 19.4. The van der Waals surface area contributed by atoms with Crippen LogP contribution in [0.1, 0.15) is 33.4 Å². The van der Waals surface area contributed by atoms with Crippen LogP contribution < -0.4 is 10.1 Å². The fourth-order valence-electron chi connectivity index (χ4n) is 4.61. The monoisotopic (exact) mass is 456 g/mol. The quantitative estimate of drug-likeness (QED) is 0.445. The molecule has 5 rings (SSSR count). The number of anilines is 1. The molecule has 0 saturated carbocycles. The van der Waals surface area contributed by atoms with Gasteiger partial charge in [0.15, 0.2) is 0 Å². The number of methoxy groups -OCH3 is 1. The fourth-order valence-corrected chi connectivity index (χ4v) is 4.61. The molecule has 1 unspecified atom stereocenters. The lowest BCUT2D eigenvalue weighted by Crippen LogP contribution is -2.40. The SMILES string of the molecule is COc1ccc(C(=O)Nc2ccc3[nH]c(C)c(C(c4ccccn4)N4CCOCC4)c3c2)cc1. The molecule has 7 heteroatoms. The first-order valence-corrected chi connectivity index (χ1v) is 11.4. The van der Waals surface area contributed by atoms with Gasteiger partial charge in [0.2, 0.25) is 0 Å². The first-order chi connectivity index (χ1) is 16.6. The summed E-state index contributed by atoms with van der Waals surface area (Å²) in [4.78, 5) is 23.5. The number of benzene rings is 2. The van der Waals surface area contributed by atoms with Crippen LogP contribution >= 0.6 is 0 Å². The summed E-state index contributed by atoms with van der Waals surface area (Å²) in [7, 11) is 1.61. The van der Waals surface area contributed by atoms with Crippen LogP contribution in [-0.2, 0) is 4.74 Å². The summed E-state index contributed by atoms with van der Waals surface area (Å²) >= 11 is 0. The van der Waals surface area contributed by atoms with Crippen LogP contribution in [0.15, 0.2) is 66.9 Å². The van der Waals surface area contributed by atoms with Gasteiger partial charge >= 0.3 is 0 Å². The van der Waals surface area contributed by atoms with Gasteiger partial charge in [-0.1, -0.05) is 6.07 Å². The van der Waals surface area contributed by atoms with Crippen molar-refractivity contribution in [3.63, 3.8) is 0 Å². The van der Waals surface area contributed by atoms with E-state index in [-0.39, 0.29) is 11.9 Å². The van der Waals surface area contributed by atoms with Gasteiger partial charge in [0, 0.05) is 52.7 Å². The average Bonchev–Trinajstić information content (AvgIpc) is 3.20. The highest BCUT2D eigenvalue weighted by Gasteiger charge is 2.29. The standard InChI is InChI=1S/C27H28N4O3/c1-18-25(26(24-5-3-4-12-28-24)31-13-15-34-16-14-31)22-17-20(8-11-23(22)29-18)30-27(32)19-6-9-21(33-2)10-7-19/h3-12,17,26,29H,13-16H2,1-2H3,(H,30,32). The lowest BCUT2D eigenvalue weighted by Gasteiger charge is -2.34. The minimum atomic E-state index is -0.162. The van der Waals surface area contributed by atoms with Gasteiger partial charge in [0.1, 0.15) is 5.75 Å². The molecule has 0 aliphatic carbocycles. The topological polar surface area (TPSA) is 79.5 Å². The molecule has 1 saturated heterocycles. The van der Waals surface area contributed by atoms with E-state index in [1.807, 2.05) is 36.5 Å². The number of carbonyl (C=O) groups is 1. The van der Waals surface area contributed by atoms with Crippen molar-refractivity contribution in [2.45, 2.75) is 13.0 Å². The Balaban J connectivity index is 1.52. The van der Waals surface area contributed by atoms with Crippen LogP contribution in [0.25, 0.3) is 10.9 Å². The Morgan fingerprint density at radius 3 is 2.62 bits per heavy atom. The maximum atomic E-state index is 12.9. The second-order valence-corrected chi connectivity index (χ2v) is 8.41. The fraction of sp³-hybridized carbons (Fsp3) is 0.259. The number of ether oxygens (including phenoxy) is 2. The van der Waals surface area contributed by atoms with Gasteiger partial charge in [-0.05, 0) is 61.5 Å². The smallest absolute Gasteiger partial charge is 0.255 e. The molecule has 0 radical (unpaired) electrons. The van der Waals surface area contributed by atoms with E-state index in [1.165, 1.54) is 5.56 Å². The summed E-state index contributed by atoms with van der Waals surface area (Å²) in [5.74, 6) is 0.555. The minimum Gasteiger partial charge on any atom is -0.497 e. The van der Waals surface area contributed by atoms with Crippen LogP contribution in [0.4, 0.5) is 5.69 Å². The van der Waals surface area contributed by atoms with E-state index < -0.39 is 0 Å². The predicted molar refractivity (Wildman–Crippen MR) is 132 cm³/mol. The third kappa shape index (κ3) is 4.40. The molecule has 2 N–H and O–H groups in total. The summed E-state index contributed by atoms with van der Waals surface area (Å²) < 4.78 is 10.8.